The Morgan fingerprint density at radius 1 is 1.20 bits per heavy atom. The fourth-order valence-corrected chi connectivity index (χ4v) is 2.48. The standard InChI is InChI=1S/C15H21N3O2/c1-11-5-3-4-6-13(11)14(19)17-12-7-9-18(10-8-12)15(20)16-2/h3-6,12H,7-10H2,1-2H3,(H,16,20)(H,17,19). The summed E-state index contributed by atoms with van der Waals surface area (Å²) in [6, 6.07) is 7.66. The molecule has 0 atom stereocenters. The molecule has 0 aliphatic carbocycles. The summed E-state index contributed by atoms with van der Waals surface area (Å²) in [4.78, 5) is 25.5. The van der Waals surface area contributed by atoms with Crippen molar-refractivity contribution >= 4 is 11.9 Å². The number of nitrogens with zero attached hydrogens (tertiary/aromatic N) is 1. The summed E-state index contributed by atoms with van der Waals surface area (Å²) in [5.74, 6) is -0.0264. The van der Waals surface area contributed by atoms with Crippen LogP contribution in [0.15, 0.2) is 24.3 Å². The van der Waals surface area contributed by atoms with Crippen LogP contribution in [0.5, 0.6) is 0 Å². The molecule has 2 N–H and O–H groups in total. The van der Waals surface area contributed by atoms with Crippen molar-refractivity contribution in [2.24, 2.45) is 0 Å². The van der Waals surface area contributed by atoms with Crippen LogP contribution in [0, 0.1) is 6.92 Å². The quantitative estimate of drug-likeness (QED) is 0.860. The minimum atomic E-state index is -0.0475. The van der Waals surface area contributed by atoms with Crippen molar-refractivity contribution in [3.63, 3.8) is 0 Å². The second kappa shape index (κ2) is 6.41. The molecule has 1 saturated heterocycles. The van der Waals surface area contributed by atoms with Gasteiger partial charge in [-0.1, -0.05) is 18.2 Å². The van der Waals surface area contributed by atoms with E-state index in [1.165, 1.54) is 0 Å². The van der Waals surface area contributed by atoms with Crippen LogP contribution in [0.4, 0.5) is 4.79 Å². The minimum Gasteiger partial charge on any atom is -0.349 e. The van der Waals surface area contributed by atoms with E-state index in [4.69, 9.17) is 0 Å². The summed E-state index contributed by atoms with van der Waals surface area (Å²) in [5.41, 5.74) is 1.70. The number of carbonyl (C=O) groups excluding carboxylic acids is 2. The molecule has 0 spiro atoms. The summed E-state index contributed by atoms with van der Waals surface area (Å²) in [6.45, 7) is 3.29. The van der Waals surface area contributed by atoms with Gasteiger partial charge in [-0.05, 0) is 31.4 Å². The van der Waals surface area contributed by atoms with Gasteiger partial charge in [-0.2, -0.15) is 0 Å². The van der Waals surface area contributed by atoms with Gasteiger partial charge in [0.15, 0.2) is 0 Å². The van der Waals surface area contributed by atoms with Crippen molar-refractivity contribution < 1.29 is 9.59 Å². The van der Waals surface area contributed by atoms with Gasteiger partial charge in [0.2, 0.25) is 0 Å². The third-order valence-electron chi connectivity index (χ3n) is 3.72. The predicted octanol–water partition coefficient (Wildman–Crippen LogP) is 1.53. The zero-order valence-corrected chi connectivity index (χ0v) is 12.0. The molecular formula is C15H21N3O2. The molecule has 1 aromatic carbocycles. The van der Waals surface area contributed by atoms with Crippen molar-refractivity contribution in [1.29, 1.82) is 0 Å². The molecule has 1 fully saturated rings. The molecule has 5 heteroatoms. The molecule has 1 aliphatic heterocycles. The maximum absolute atomic E-state index is 12.2. The molecule has 1 aliphatic rings. The first-order valence-electron chi connectivity index (χ1n) is 6.95. The van der Waals surface area contributed by atoms with Crippen LogP contribution in [-0.4, -0.2) is 43.0 Å². The van der Waals surface area contributed by atoms with Gasteiger partial charge >= 0.3 is 6.03 Å². The lowest BCUT2D eigenvalue weighted by Gasteiger charge is -2.32. The van der Waals surface area contributed by atoms with Crippen molar-refractivity contribution in [2.75, 3.05) is 20.1 Å². The van der Waals surface area contributed by atoms with Gasteiger partial charge in [-0.3, -0.25) is 4.79 Å². The molecule has 0 aromatic heterocycles. The molecule has 108 valence electrons. The van der Waals surface area contributed by atoms with Gasteiger partial charge in [0.05, 0.1) is 0 Å². The van der Waals surface area contributed by atoms with Crippen LogP contribution in [0.1, 0.15) is 28.8 Å². The molecule has 1 heterocycles. The molecule has 2 rings (SSSR count). The first kappa shape index (κ1) is 14.4. The van der Waals surface area contributed by atoms with E-state index >= 15 is 0 Å². The fourth-order valence-electron chi connectivity index (χ4n) is 2.48. The monoisotopic (exact) mass is 275 g/mol. The topological polar surface area (TPSA) is 61.4 Å². The van der Waals surface area contributed by atoms with Crippen LogP contribution in [0.25, 0.3) is 0 Å². The van der Waals surface area contributed by atoms with E-state index in [1.807, 2.05) is 31.2 Å². The maximum Gasteiger partial charge on any atom is 0.317 e. The average molecular weight is 275 g/mol. The Hall–Kier alpha value is -2.04. The number of hydrogen-bond donors (Lipinski definition) is 2. The summed E-state index contributed by atoms with van der Waals surface area (Å²) >= 11 is 0. The highest BCUT2D eigenvalue weighted by Gasteiger charge is 2.23. The highest BCUT2D eigenvalue weighted by atomic mass is 16.2. The molecule has 20 heavy (non-hydrogen) atoms. The van der Waals surface area contributed by atoms with E-state index in [0.717, 1.165) is 24.0 Å². The summed E-state index contributed by atoms with van der Waals surface area (Å²) in [5, 5.41) is 5.68. The number of benzene rings is 1. The van der Waals surface area contributed by atoms with Crippen LogP contribution in [0.2, 0.25) is 0 Å². The molecule has 1 aromatic rings. The Morgan fingerprint density at radius 2 is 1.85 bits per heavy atom. The van der Waals surface area contributed by atoms with E-state index in [-0.39, 0.29) is 18.0 Å². The van der Waals surface area contributed by atoms with Gasteiger partial charge in [-0.25, -0.2) is 4.79 Å². The number of urea groups is 1. The molecule has 0 bridgehead atoms. The number of piperidine rings is 1. The fraction of sp³-hybridized carbons (Fsp3) is 0.467. The predicted molar refractivity (Wildman–Crippen MR) is 77.7 cm³/mol. The highest BCUT2D eigenvalue weighted by molar-refractivity contribution is 5.95. The van der Waals surface area contributed by atoms with Gasteiger partial charge in [0.25, 0.3) is 5.91 Å². The zero-order chi connectivity index (χ0) is 14.5. The number of nitrogens with one attached hydrogen (secondary N) is 2. The lowest BCUT2D eigenvalue weighted by Crippen LogP contribution is -2.48. The molecular weight excluding hydrogens is 254 g/mol. The van der Waals surface area contributed by atoms with Crippen molar-refractivity contribution in [1.82, 2.24) is 15.5 Å². The first-order chi connectivity index (χ1) is 9.61. The lowest BCUT2D eigenvalue weighted by molar-refractivity contribution is 0.0917. The van der Waals surface area contributed by atoms with Crippen LogP contribution in [0.3, 0.4) is 0 Å². The van der Waals surface area contributed by atoms with Crippen LogP contribution in [-0.2, 0) is 0 Å². The summed E-state index contributed by atoms with van der Waals surface area (Å²) in [7, 11) is 1.63. The number of carbonyl (C=O) groups is 2. The van der Waals surface area contributed by atoms with Crippen LogP contribution < -0.4 is 10.6 Å². The highest BCUT2D eigenvalue weighted by Crippen LogP contribution is 2.12. The van der Waals surface area contributed by atoms with Gasteiger partial charge < -0.3 is 15.5 Å². The van der Waals surface area contributed by atoms with E-state index in [2.05, 4.69) is 10.6 Å². The number of amides is 3. The Balaban J connectivity index is 1.88. The first-order valence-corrected chi connectivity index (χ1v) is 6.95. The van der Waals surface area contributed by atoms with E-state index in [1.54, 1.807) is 11.9 Å². The summed E-state index contributed by atoms with van der Waals surface area (Å²) in [6.07, 6.45) is 1.59. The zero-order valence-electron chi connectivity index (χ0n) is 12.0. The molecule has 0 radical (unpaired) electrons. The number of rotatable bonds is 2. The van der Waals surface area contributed by atoms with Gasteiger partial charge in [-0.15, -0.1) is 0 Å². The van der Waals surface area contributed by atoms with E-state index in [0.29, 0.717) is 13.1 Å². The van der Waals surface area contributed by atoms with E-state index < -0.39 is 0 Å². The number of hydrogen-bond acceptors (Lipinski definition) is 2. The van der Waals surface area contributed by atoms with Crippen LogP contribution >= 0.6 is 0 Å². The van der Waals surface area contributed by atoms with Gasteiger partial charge in [0, 0.05) is 31.7 Å². The maximum atomic E-state index is 12.2. The van der Waals surface area contributed by atoms with E-state index in [9.17, 15) is 9.59 Å². The van der Waals surface area contributed by atoms with Crippen molar-refractivity contribution in [3.05, 3.63) is 35.4 Å². The Bertz CT molecular complexity index is 494. The normalized spacial score (nSPS) is 15.8. The Morgan fingerprint density at radius 3 is 2.45 bits per heavy atom. The third kappa shape index (κ3) is 3.29. The smallest absolute Gasteiger partial charge is 0.317 e. The minimum absolute atomic E-state index is 0.0264. The third-order valence-corrected chi connectivity index (χ3v) is 3.72. The lowest BCUT2D eigenvalue weighted by atomic mass is 10.0. The average Bonchev–Trinajstić information content (AvgIpc) is 2.47. The Labute approximate surface area is 119 Å². The Kier molecular flexibility index (Phi) is 4.61. The second-order valence-electron chi connectivity index (χ2n) is 5.10. The van der Waals surface area contributed by atoms with Crippen molar-refractivity contribution in [2.45, 2.75) is 25.8 Å². The largest absolute Gasteiger partial charge is 0.349 e. The molecule has 3 amide bonds. The van der Waals surface area contributed by atoms with Crippen molar-refractivity contribution in [3.8, 4) is 0 Å². The second-order valence-corrected chi connectivity index (χ2v) is 5.10. The van der Waals surface area contributed by atoms with Gasteiger partial charge in [0.1, 0.15) is 0 Å². The molecule has 0 unspecified atom stereocenters. The number of likely N-dealkylation sites (tertiary alicyclic amines) is 1. The SMILES string of the molecule is CNC(=O)N1CCC(NC(=O)c2ccccc2C)CC1. The number of aryl methyl sites for hydroxylation is 1. The molecule has 5 nitrogen and oxygen atoms in total. The summed E-state index contributed by atoms with van der Waals surface area (Å²) < 4.78 is 0. The molecule has 0 saturated carbocycles.